The van der Waals surface area contributed by atoms with Crippen LogP contribution in [0.5, 0.6) is 5.75 Å². The zero-order valence-electron chi connectivity index (χ0n) is 19.4. The van der Waals surface area contributed by atoms with Crippen LogP contribution in [0.25, 0.3) is 0 Å². The van der Waals surface area contributed by atoms with E-state index in [1.807, 2.05) is 0 Å². The van der Waals surface area contributed by atoms with E-state index >= 15 is 0 Å². The Hall–Kier alpha value is -1.10. The summed E-state index contributed by atoms with van der Waals surface area (Å²) in [6.07, 6.45) is 3.63. The van der Waals surface area contributed by atoms with Crippen LogP contribution in [0.4, 0.5) is 0 Å². The van der Waals surface area contributed by atoms with Crippen LogP contribution < -0.4 is 4.74 Å². The highest BCUT2D eigenvalue weighted by Crippen LogP contribution is 2.30. The van der Waals surface area contributed by atoms with Crippen LogP contribution in [-0.4, -0.2) is 65.2 Å². The second-order valence-corrected chi connectivity index (χ2v) is 8.83. The molecule has 0 aliphatic rings. The van der Waals surface area contributed by atoms with Gasteiger partial charge in [0.1, 0.15) is 12.4 Å². The second kappa shape index (κ2) is 13.2. The lowest BCUT2D eigenvalue weighted by Crippen LogP contribution is -2.42. The first kappa shape index (κ1) is 24.9. The predicted molar refractivity (Wildman–Crippen MR) is 118 cm³/mol. The van der Waals surface area contributed by atoms with Gasteiger partial charge >= 0.3 is 0 Å². The number of rotatable bonds is 15. The summed E-state index contributed by atoms with van der Waals surface area (Å²) < 4.78 is 17.5. The minimum absolute atomic E-state index is 0.549. The van der Waals surface area contributed by atoms with Crippen molar-refractivity contribution in [1.29, 1.82) is 0 Å². The lowest BCUT2D eigenvalue weighted by Gasteiger charge is -2.30. The maximum absolute atomic E-state index is 5.95. The average Bonchev–Trinajstić information content (AvgIpc) is 2.67. The van der Waals surface area contributed by atoms with Crippen LogP contribution in [0, 0.1) is 5.92 Å². The molecule has 1 unspecified atom stereocenters. The van der Waals surface area contributed by atoms with Gasteiger partial charge in [0, 0.05) is 13.5 Å². The molecule has 0 saturated carbocycles. The predicted octanol–water partition coefficient (Wildman–Crippen LogP) is 4.91. The van der Waals surface area contributed by atoms with Gasteiger partial charge in [-0.15, -0.1) is 0 Å². The molecule has 0 bridgehead atoms. The van der Waals surface area contributed by atoms with Gasteiger partial charge in [-0.2, -0.15) is 0 Å². The fourth-order valence-corrected chi connectivity index (χ4v) is 3.28. The van der Waals surface area contributed by atoms with Crippen LogP contribution in [0.1, 0.15) is 57.6 Å². The zero-order chi connectivity index (χ0) is 21.0. The number of nitrogens with zero attached hydrogens (tertiary/aromatic N) is 1. The summed E-state index contributed by atoms with van der Waals surface area (Å²) in [6, 6.07) is 6.64. The second-order valence-electron chi connectivity index (χ2n) is 8.83. The molecular formula is C24H44NO3+. The van der Waals surface area contributed by atoms with Gasteiger partial charge in [-0.1, -0.05) is 40.2 Å². The Morgan fingerprint density at radius 1 is 0.964 bits per heavy atom. The SMILES string of the molecule is CCCC[N+](C)(C)CCc1cc(OCCOCCOC)ccc1C(C)C(C)C. The van der Waals surface area contributed by atoms with Crippen LogP contribution in [0.15, 0.2) is 18.2 Å². The van der Waals surface area contributed by atoms with E-state index in [0.717, 1.165) is 23.2 Å². The van der Waals surface area contributed by atoms with E-state index in [-0.39, 0.29) is 0 Å². The highest BCUT2D eigenvalue weighted by atomic mass is 16.5. The van der Waals surface area contributed by atoms with Crippen molar-refractivity contribution >= 4 is 0 Å². The molecule has 4 heteroatoms. The van der Waals surface area contributed by atoms with Gasteiger partial charge in [0.05, 0.1) is 47.0 Å². The normalized spacial score (nSPS) is 13.1. The summed E-state index contributed by atoms with van der Waals surface area (Å²) in [5.74, 6) is 2.12. The molecule has 0 heterocycles. The molecule has 0 aliphatic carbocycles. The first-order chi connectivity index (χ1) is 13.3. The van der Waals surface area contributed by atoms with Gasteiger partial charge in [0.2, 0.25) is 0 Å². The molecule has 4 nitrogen and oxygen atoms in total. The average molecular weight is 395 g/mol. The standard InChI is InChI=1S/C24H44NO3/c1-8-9-13-25(5,6)14-12-22-19-23(28-18-17-27-16-15-26-7)10-11-24(22)21(4)20(2)3/h10-11,19-21H,8-9,12-18H2,1-7H3/q+1. The van der Waals surface area contributed by atoms with Gasteiger partial charge in [0.25, 0.3) is 0 Å². The van der Waals surface area contributed by atoms with Gasteiger partial charge in [-0.3, -0.25) is 0 Å². The third-order valence-electron chi connectivity index (χ3n) is 5.64. The lowest BCUT2D eigenvalue weighted by atomic mass is 9.86. The quantitative estimate of drug-likeness (QED) is 0.313. The Morgan fingerprint density at radius 2 is 1.68 bits per heavy atom. The molecular weight excluding hydrogens is 350 g/mol. The Morgan fingerprint density at radius 3 is 2.32 bits per heavy atom. The molecule has 1 rings (SSSR count). The highest BCUT2D eigenvalue weighted by Gasteiger charge is 2.19. The summed E-state index contributed by atoms with van der Waals surface area (Å²) in [5.41, 5.74) is 2.90. The molecule has 1 aromatic carbocycles. The molecule has 1 aromatic rings. The minimum atomic E-state index is 0.549. The summed E-state index contributed by atoms with van der Waals surface area (Å²) in [5, 5.41) is 0. The first-order valence-electron chi connectivity index (χ1n) is 10.9. The highest BCUT2D eigenvalue weighted by molar-refractivity contribution is 5.38. The topological polar surface area (TPSA) is 27.7 Å². The maximum Gasteiger partial charge on any atom is 0.119 e. The van der Waals surface area contributed by atoms with Crippen molar-refractivity contribution in [2.45, 2.75) is 52.9 Å². The van der Waals surface area contributed by atoms with Crippen molar-refractivity contribution in [3.63, 3.8) is 0 Å². The van der Waals surface area contributed by atoms with Crippen molar-refractivity contribution < 1.29 is 18.7 Å². The molecule has 0 saturated heterocycles. The van der Waals surface area contributed by atoms with Gasteiger partial charge < -0.3 is 18.7 Å². The van der Waals surface area contributed by atoms with Crippen LogP contribution in [0.3, 0.4) is 0 Å². The molecule has 0 aliphatic heterocycles. The third kappa shape index (κ3) is 9.40. The fraction of sp³-hybridized carbons (Fsp3) is 0.750. The van der Waals surface area contributed by atoms with E-state index < -0.39 is 0 Å². The van der Waals surface area contributed by atoms with E-state index in [1.165, 1.54) is 30.5 Å². The Bertz CT molecular complexity index is 543. The van der Waals surface area contributed by atoms with E-state index in [0.29, 0.717) is 38.3 Å². The van der Waals surface area contributed by atoms with Gasteiger partial charge in [-0.05, 0) is 41.5 Å². The number of hydrogen-bond acceptors (Lipinski definition) is 3. The Balaban J connectivity index is 2.77. The fourth-order valence-electron chi connectivity index (χ4n) is 3.28. The number of likely N-dealkylation sites (N-methyl/N-ethyl adjacent to an activating group) is 1. The minimum Gasteiger partial charge on any atom is -0.491 e. The zero-order valence-corrected chi connectivity index (χ0v) is 19.4. The third-order valence-corrected chi connectivity index (χ3v) is 5.64. The maximum atomic E-state index is 5.95. The first-order valence-corrected chi connectivity index (χ1v) is 10.9. The van der Waals surface area contributed by atoms with Gasteiger partial charge in [-0.25, -0.2) is 0 Å². The molecule has 0 N–H and O–H groups in total. The molecule has 162 valence electrons. The number of unbranched alkanes of at least 4 members (excludes halogenated alkanes) is 1. The van der Waals surface area contributed by atoms with Crippen LogP contribution in [0.2, 0.25) is 0 Å². The monoisotopic (exact) mass is 394 g/mol. The van der Waals surface area contributed by atoms with Crippen LogP contribution in [-0.2, 0) is 15.9 Å². The summed E-state index contributed by atoms with van der Waals surface area (Å²) in [7, 11) is 6.38. The number of methoxy groups -OCH3 is 1. The Kier molecular flexibility index (Phi) is 11.7. The van der Waals surface area contributed by atoms with E-state index in [4.69, 9.17) is 14.2 Å². The van der Waals surface area contributed by atoms with Crippen molar-refractivity contribution in [1.82, 2.24) is 0 Å². The van der Waals surface area contributed by atoms with Crippen molar-refractivity contribution in [3.8, 4) is 5.75 Å². The van der Waals surface area contributed by atoms with Crippen LogP contribution >= 0.6 is 0 Å². The molecule has 0 radical (unpaired) electrons. The lowest BCUT2D eigenvalue weighted by molar-refractivity contribution is -0.890. The van der Waals surface area contributed by atoms with E-state index in [2.05, 4.69) is 60.0 Å². The summed E-state index contributed by atoms with van der Waals surface area (Å²) in [4.78, 5) is 0. The van der Waals surface area contributed by atoms with Crippen molar-refractivity contribution in [3.05, 3.63) is 29.3 Å². The molecule has 28 heavy (non-hydrogen) atoms. The van der Waals surface area contributed by atoms with Crippen molar-refractivity contribution in [2.24, 2.45) is 5.92 Å². The number of hydrogen-bond donors (Lipinski definition) is 0. The largest absolute Gasteiger partial charge is 0.491 e. The summed E-state index contributed by atoms with van der Waals surface area (Å²) in [6.45, 7) is 14.0. The molecule has 0 fully saturated rings. The smallest absolute Gasteiger partial charge is 0.119 e. The van der Waals surface area contributed by atoms with E-state index in [9.17, 15) is 0 Å². The molecule has 0 spiro atoms. The molecule has 0 amide bonds. The van der Waals surface area contributed by atoms with E-state index in [1.54, 1.807) is 7.11 Å². The molecule has 1 atom stereocenters. The van der Waals surface area contributed by atoms with Crippen molar-refractivity contribution in [2.75, 3.05) is 60.7 Å². The number of quaternary nitrogens is 1. The Labute approximate surface area is 173 Å². The number of ether oxygens (including phenoxy) is 3. The summed E-state index contributed by atoms with van der Waals surface area (Å²) >= 11 is 0. The van der Waals surface area contributed by atoms with Gasteiger partial charge in [0.15, 0.2) is 0 Å². The number of benzene rings is 1. The molecule has 0 aromatic heterocycles.